The summed E-state index contributed by atoms with van der Waals surface area (Å²) >= 11 is 1.37. The fraction of sp³-hybridized carbons (Fsp3) is 0.222. The quantitative estimate of drug-likeness (QED) is 0.339. The normalized spacial score (nSPS) is 20.8. The van der Waals surface area contributed by atoms with E-state index in [0.717, 1.165) is 9.78 Å². The molecule has 2 aliphatic rings. The summed E-state index contributed by atoms with van der Waals surface area (Å²) in [5.41, 5.74) is -0.122. The Hall–Kier alpha value is -3.70. The van der Waals surface area contributed by atoms with Gasteiger partial charge < -0.3 is 10.1 Å². The first-order chi connectivity index (χ1) is 18.3. The second-order valence-corrected chi connectivity index (χ2v) is 11.3. The lowest BCUT2D eigenvalue weighted by atomic mass is 10.0. The van der Waals surface area contributed by atoms with E-state index in [2.05, 4.69) is 5.32 Å². The molecule has 7 nitrogen and oxygen atoms in total. The summed E-state index contributed by atoms with van der Waals surface area (Å²) < 4.78 is 46.8. The van der Waals surface area contributed by atoms with Crippen molar-refractivity contribution in [3.8, 4) is 0 Å². The highest BCUT2D eigenvalue weighted by Crippen LogP contribution is 2.38. The molecule has 2 unspecified atom stereocenters. The molecule has 1 fully saturated rings. The molecule has 0 saturated carbocycles. The maximum Gasteiger partial charge on any atom is 0.356 e. The summed E-state index contributed by atoms with van der Waals surface area (Å²) in [5.74, 6) is -3.00. The number of thiophene rings is 1. The van der Waals surface area contributed by atoms with Crippen LogP contribution in [0.4, 0.5) is 8.78 Å². The number of fused-ring (bicyclic) bond motifs is 1. The number of carbonyl (C=O) groups excluding carboxylic acids is 3. The molecule has 38 heavy (non-hydrogen) atoms. The van der Waals surface area contributed by atoms with Gasteiger partial charge >= 0.3 is 5.97 Å². The van der Waals surface area contributed by atoms with Crippen molar-refractivity contribution < 1.29 is 32.1 Å². The van der Waals surface area contributed by atoms with Crippen molar-refractivity contribution in [3.05, 3.63) is 105 Å². The Kier molecular flexibility index (Phi) is 7.48. The highest BCUT2D eigenvalue weighted by Gasteiger charge is 2.58. The molecule has 5 rings (SSSR count). The lowest BCUT2D eigenvalue weighted by molar-refractivity contribution is -0.155. The van der Waals surface area contributed by atoms with Crippen LogP contribution in [0.15, 0.2) is 89.4 Å². The van der Waals surface area contributed by atoms with Crippen LogP contribution >= 0.6 is 11.3 Å². The van der Waals surface area contributed by atoms with Crippen molar-refractivity contribution in [3.63, 3.8) is 0 Å². The van der Waals surface area contributed by atoms with Crippen LogP contribution in [-0.4, -0.2) is 50.5 Å². The number of esters is 1. The number of ether oxygens (including phenoxy) is 1. The summed E-state index contributed by atoms with van der Waals surface area (Å²) in [6.45, 7) is 0. The third-order valence-electron chi connectivity index (χ3n) is 6.27. The van der Waals surface area contributed by atoms with Crippen LogP contribution in [0.3, 0.4) is 0 Å². The molecule has 0 spiro atoms. The number of rotatable bonds is 8. The van der Waals surface area contributed by atoms with E-state index in [1.54, 1.807) is 72.8 Å². The molecular weight excluding hydrogens is 534 g/mol. The van der Waals surface area contributed by atoms with E-state index in [1.807, 2.05) is 5.38 Å². The molecular formula is C27H22F2N2O5S2. The second-order valence-electron chi connectivity index (χ2n) is 8.71. The van der Waals surface area contributed by atoms with Gasteiger partial charge in [-0.2, -0.15) is 0 Å². The first-order valence-corrected chi connectivity index (χ1v) is 14.0. The Morgan fingerprint density at radius 1 is 1.03 bits per heavy atom. The monoisotopic (exact) mass is 556 g/mol. The van der Waals surface area contributed by atoms with Gasteiger partial charge in [0, 0.05) is 10.5 Å². The average Bonchev–Trinajstić information content (AvgIpc) is 3.43. The van der Waals surface area contributed by atoms with Crippen LogP contribution in [0, 0.1) is 0 Å². The molecule has 196 valence electrons. The fourth-order valence-corrected chi connectivity index (χ4v) is 6.88. The van der Waals surface area contributed by atoms with E-state index in [1.165, 1.54) is 11.3 Å². The van der Waals surface area contributed by atoms with Crippen LogP contribution in [0.1, 0.15) is 22.1 Å². The molecule has 2 amide bonds. The topological polar surface area (TPSA) is 92.8 Å². The van der Waals surface area contributed by atoms with Gasteiger partial charge in [-0.1, -0.05) is 66.7 Å². The Morgan fingerprint density at radius 3 is 2.21 bits per heavy atom. The summed E-state index contributed by atoms with van der Waals surface area (Å²) in [6.07, 6.45) is -4.04. The molecule has 1 saturated heterocycles. The summed E-state index contributed by atoms with van der Waals surface area (Å²) in [6, 6.07) is 19.9. The minimum Gasteiger partial charge on any atom is -0.448 e. The van der Waals surface area contributed by atoms with Crippen molar-refractivity contribution >= 4 is 39.9 Å². The van der Waals surface area contributed by atoms with Crippen molar-refractivity contribution in [2.75, 3.05) is 5.75 Å². The number of nitrogens with one attached hydrogen (secondary N) is 1. The summed E-state index contributed by atoms with van der Waals surface area (Å²) in [7, 11) is -1.96. The Labute approximate surface area is 223 Å². The minimum atomic E-state index is -3.13. The first kappa shape index (κ1) is 25.9. The molecule has 3 aromatic rings. The predicted octanol–water partition coefficient (Wildman–Crippen LogP) is 3.56. The number of hydrogen-bond acceptors (Lipinski definition) is 6. The molecule has 1 N–H and O–H groups in total. The Morgan fingerprint density at radius 2 is 1.66 bits per heavy atom. The van der Waals surface area contributed by atoms with Crippen LogP contribution in [0.2, 0.25) is 0 Å². The van der Waals surface area contributed by atoms with Gasteiger partial charge in [0.05, 0.1) is 23.0 Å². The highest BCUT2D eigenvalue weighted by molar-refractivity contribution is 7.86. The van der Waals surface area contributed by atoms with Crippen LogP contribution in [0.5, 0.6) is 0 Å². The molecule has 3 atom stereocenters. The van der Waals surface area contributed by atoms with E-state index in [-0.39, 0.29) is 6.42 Å². The largest absolute Gasteiger partial charge is 0.448 e. The molecule has 11 heteroatoms. The number of carbonyl (C=O) groups is 3. The lowest BCUT2D eigenvalue weighted by Gasteiger charge is -2.49. The fourth-order valence-electron chi connectivity index (χ4n) is 4.50. The van der Waals surface area contributed by atoms with Crippen LogP contribution < -0.4 is 5.32 Å². The van der Waals surface area contributed by atoms with Gasteiger partial charge in [-0.25, -0.2) is 13.6 Å². The van der Waals surface area contributed by atoms with E-state index in [4.69, 9.17) is 4.74 Å². The predicted molar refractivity (Wildman–Crippen MR) is 137 cm³/mol. The number of amides is 2. The molecule has 1 aromatic heterocycles. The van der Waals surface area contributed by atoms with Crippen LogP contribution in [-0.2, 0) is 36.3 Å². The number of β-lactam (4-membered cyclic amide) rings is 1. The van der Waals surface area contributed by atoms with Crippen molar-refractivity contribution in [1.29, 1.82) is 0 Å². The number of hydrogen-bond donors (Lipinski definition) is 1. The second kappa shape index (κ2) is 11.0. The van der Waals surface area contributed by atoms with Gasteiger partial charge in [0.25, 0.3) is 12.3 Å². The molecule has 0 radical (unpaired) electrons. The van der Waals surface area contributed by atoms with Gasteiger partial charge in [-0.15, -0.1) is 11.3 Å². The zero-order chi connectivity index (χ0) is 26.8. The van der Waals surface area contributed by atoms with Gasteiger partial charge in [0.1, 0.15) is 17.1 Å². The third-order valence-corrected chi connectivity index (χ3v) is 8.77. The molecule has 2 aromatic carbocycles. The number of nitrogens with zero attached hydrogens (tertiary/aromatic N) is 1. The van der Waals surface area contributed by atoms with Gasteiger partial charge in [0.15, 0.2) is 6.10 Å². The Bertz CT molecular complexity index is 1360. The van der Waals surface area contributed by atoms with E-state index >= 15 is 0 Å². The highest BCUT2D eigenvalue weighted by atomic mass is 32.2. The average molecular weight is 557 g/mol. The number of halogens is 2. The number of alkyl halides is 2. The van der Waals surface area contributed by atoms with Crippen LogP contribution in [0.25, 0.3) is 0 Å². The van der Waals surface area contributed by atoms with E-state index in [9.17, 15) is 27.4 Å². The SMILES string of the molecule is O=C(Cc1cccs1)NC1C(=O)N2C(C(=O)OC(c3ccccc3)c3ccccc3)=C(C(F)F)CS(=O)[C@@H]12. The van der Waals surface area contributed by atoms with Crippen molar-refractivity contribution in [1.82, 2.24) is 10.2 Å². The third kappa shape index (κ3) is 5.03. The first-order valence-electron chi connectivity index (χ1n) is 11.7. The van der Waals surface area contributed by atoms with Gasteiger partial charge in [0.2, 0.25) is 5.91 Å². The standard InChI is InChI=1S/C27H22F2N2O5S2/c28-24(29)19-15-38(35)26-21(30-20(32)14-18-12-7-13-37-18)25(33)31(26)22(19)27(34)36-23(16-8-3-1-4-9-16)17-10-5-2-6-11-17/h1-13,21,23-24,26H,14-15H2,(H,30,32)/t21?,26-,38?/m0/s1. The number of benzene rings is 2. The summed E-state index contributed by atoms with van der Waals surface area (Å²) in [4.78, 5) is 40.6. The summed E-state index contributed by atoms with van der Waals surface area (Å²) in [5, 5.41) is 3.21. The molecule has 0 bridgehead atoms. The van der Waals surface area contributed by atoms with Gasteiger partial charge in [-0.3, -0.25) is 18.7 Å². The maximum absolute atomic E-state index is 14.1. The molecule has 3 heterocycles. The molecule has 2 aliphatic heterocycles. The van der Waals surface area contributed by atoms with Crippen molar-refractivity contribution in [2.24, 2.45) is 0 Å². The minimum absolute atomic E-state index is 0.0175. The Balaban J connectivity index is 1.42. The smallest absolute Gasteiger partial charge is 0.356 e. The van der Waals surface area contributed by atoms with Crippen molar-refractivity contribution in [2.45, 2.75) is 30.4 Å². The lowest BCUT2D eigenvalue weighted by Crippen LogP contribution is -2.74. The van der Waals surface area contributed by atoms with E-state index in [0.29, 0.717) is 11.1 Å². The van der Waals surface area contributed by atoms with Gasteiger partial charge in [-0.05, 0) is 22.6 Å². The molecule has 0 aliphatic carbocycles. The zero-order valence-electron chi connectivity index (χ0n) is 19.8. The zero-order valence-corrected chi connectivity index (χ0v) is 21.4. The maximum atomic E-state index is 14.1. The van der Waals surface area contributed by atoms with E-state index < -0.39 is 69.6 Å².